The third-order valence-corrected chi connectivity index (χ3v) is 3.59. The summed E-state index contributed by atoms with van der Waals surface area (Å²) >= 11 is 0. The molecular formula is C15H19N3O4. The molecule has 1 N–H and O–H groups in total. The van der Waals surface area contributed by atoms with Gasteiger partial charge in [-0.1, -0.05) is 18.2 Å². The number of amides is 4. The third kappa shape index (κ3) is 2.94. The van der Waals surface area contributed by atoms with Crippen molar-refractivity contribution in [2.75, 3.05) is 32.2 Å². The lowest BCUT2D eigenvalue weighted by Gasteiger charge is -2.22. The van der Waals surface area contributed by atoms with Gasteiger partial charge >= 0.3 is 6.03 Å². The summed E-state index contributed by atoms with van der Waals surface area (Å²) in [5.41, 5.74) is -0.434. The molecule has 1 fully saturated rings. The van der Waals surface area contributed by atoms with E-state index in [1.54, 1.807) is 26.1 Å². The van der Waals surface area contributed by atoms with Crippen LogP contribution in [0.3, 0.4) is 0 Å². The fraction of sp³-hybridized carbons (Fsp3) is 0.400. The SMILES string of the molecule is COC[C@]1(C)NC(=O)N(CC(=O)N(C)c2ccccc2)C1=O. The smallest absolute Gasteiger partial charge is 0.325 e. The van der Waals surface area contributed by atoms with Crippen LogP contribution in [0.5, 0.6) is 0 Å². The molecule has 2 rings (SSSR count). The first-order chi connectivity index (χ1) is 10.4. The van der Waals surface area contributed by atoms with Crippen molar-refractivity contribution in [3.63, 3.8) is 0 Å². The van der Waals surface area contributed by atoms with Gasteiger partial charge in [-0.25, -0.2) is 4.79 Å². The molecule has 0 radical (unpaired) electrons. The maximum Gasteiger partial charge on any atom is 0.325 e. The molecule has 7 heteroatoms. The number of urea groups is 1. The first-order valence-corrected chi connectivity index (χ1v) is 6.83. The second-order valence-corrected chi connectivity index (χ2v) is 5.37. The van der Waals surface area contributed by atoms with Gasteiger partial charge in [-0.05, 0) is 19.1 Å². The summed E-state index contributed by atoms with van der Waals surface area (Å²) in [6, 6.07) is 8.43. The number of nitrogens with one attached hydrogen (secondary N) is 1. The van der Waals surface area contributed by atoms with E-state index in [-0.39, 0.29) is 19.1 Å². The van der Waals surface area contributed by atoms with Gasteiger partial charge in [-0.15, -0.1) is 0 Å². The summed E-state index contributed by atoms with van der Waals surface area (Å²) in [5, 5.41) is 2.56. The maximum atomic E-state index is 12.3. The predicted molar refractivity (Wildman–Crippen MR) is 80.4 cm³/mol. The number of likely N-dealkylation sites (N-methyl/N-ethyl adjacent to an activating group) is 1. The molecule has 1 aromatic carbocycles. The van der Waals surface area contributed by atoms with Gasteiger partial charge in [0.05, 0.1) is 6.61 Å². The van der Waals surface area contributed by atoms with Gasteiger partial charge in [-0.3, -0.25) is 14.5 Å². The van der Waals surface area contributed by atoms with Crippen LogP contribution in [0.25, 0.3) is 0 Å². The van der Waals surface area contributed by atoms with Crippen LogP contribution in [0.15, 0.2) is 30.3 Å². The van der Waals surface area contributed by atoms with Gasteiger partial charge < -0.3 is 15.0 Å². The average molecular weight is 305 g/mol. The summed E-state index contributed by atoms with van der Waals surface area (Å²) in [6.45, 7) is 1.31. The molecule has 7 nitrogen and oxygen atoms in total. The third-order valence-electron chi connectivity index (χ3n) is 3.59. The number of carbonyl (C=O) groups is 3. The van der Waals surface area contributed by atoms with Crippen LogP contribution in [0.1, 0.15) is 6.92 Å². The molecule has 1 aromatic rings. The summed E-state index contributed by atoms with van der Waals surface area (Å²) in [4.78, 5) is 38.9. The standard InChI is InChI=1S/C15H19N3O4/c1-15(10-22-3)13(20)18(14(21)16-15)9-12(19)17(2)11-7-5-4-6-8-11/h4-8H,9-10H2,1-3H3,(H,16,21)/t15-/m0/s1. The zero-order valence-electron chi connectivity index (χ0n) is 12.8. The van der Waals surface area contributed by atoms with Gasteiger partial charge in [0.15, 0.2) is 0 Å². The molecule has 4 amide bonds. The fourth-order valence-electron chi connectivity index (χ4n) is 2.31. The topological polar surface area (TPSA) is 79.0 Å². The second kappa shape index (κ2) is 6.15. The van der Waals surface area contributed by atoms with Crippen molar-refractivity contribution in [2.45, 2.75) is 12.5 Å². The zero-order valence-corrected chi connectivity index (χ0v) is 12.8. The summed E-state index contributed by atoms with van der Waals surface area (Å²) in [6.07, 6.45) is 0. The number of methoxy groups -OCH3 is 1. The molecule has 0 spiro atoms. The van der Waals surface area contributed by atoms with Crippen molar-refractivity contribution in [1.82, 2.24) is 10.2 Å². The van der Waals surface area contributed by atoms with Crippen molar-refractivity contribution in [3.8, 4) is 0 Å². The Morgan fingerprint density at radius 3 is 2.55 bits per heavy atom. The lowest BCUT2D eigenvalue weighted by atomic mass is 10.0. The first-order valence-electron chi connectivity index (χ1n) is 6.83. The number of hydrogen-bond acceptors (Lipinski definition) is 4. The molecule has 0 unspecified atom stereocenters. The molecule has 0 bridgehead atoms. The maximum absolute atomic E-state index is 12.3. The van der Waals surface area contributed by atoms with Gasteiger partial charge in [0, 0.05) is 19.8 Å². The van der Waals surface area contributed by atoms with E-state index >= 15 is 0 Å². The minimum Gasteiger partial charge on any atom is -0.382 e. The highest BCUT2D eigenvalue weighted by atomic mass is 16.5. The molecule has 22 heavy (non-hydrogen) atoms. The number of ether oxygens (including phenoxy) is 1. The Labute approximate surface area is 128 Å². The number of nitrogens with zero attached hydrogens (tertiary/aromatic N) is 2. The predicted octanol–water partition coefficient (Wildman–Crippen LogP) is 0.606. The summed E-state index contributed by atoms with van der Waals surface area (Å²) in [5.74, 6) is -0.814. The van der Waals surface area contributed by atoms with Crippen LogP contribution < -0.4 is 10.2 Å². The average Bonchev–Trinajstić information content (AvgIpc) is 2.71. The lowest BCUT2D eigenvalue weighted by molar-refractivity contribution is -0.135. The highest BCUT2D eigenvalue weighted by molar-refractivity contribution is 6.10. The minimum atomic E-state index is -1.13. The number of imide groups is 1. The Bertz CT molecular complexity index is 590. The van der Waals surface area contributed by atoms with E-state index in [9.17, 15) is 14.4 Å². The molecule has 118 valence electrons. The van der Waals surface area contributed by atoms with E-state index in [1.807, 2.05) is 18.2 Å². The summed E-state index contributed by atoms with van der Waals surface area (Å²) in [7, 11) is 3.05. The lowest BCUT2D eigenvalue weighted by Crippen LogP contribution is -2.48. The molecule has 1 aliphatic rings. The van der Waals surface area contributed by atoms with Crippen molar-refractivity contribution in [3.05, 3.63) is 30.3 Å². The van der Waals surface area contributed by atoms with E-state index in [4.69, 9.17) is 4.74 Å². The molecule has 0 aliphatic carbocycles. The molecular weight excluding hydrogens is 286 g/mol. The Kier molecular flexibility index (Phi) is 4.46. The number of hydrogen-bond donors (Lipinski definition) is 1. The van der Waals surface area contributed by atoms with Gasteiger partial charge in [0.25, 0.3) is 5.91 Å². The van der Waals surface area contributed by atoms with Gasteiger partial charge in [0.2, 0.25) is 5.91 Å². The molecule has 1 saturated heterocycles. The van der Waals surface area contributed by atoms with E-state index < -0.39 is 17.5 Å². The number of carbonyl (C=O) groups excluding carboxylic acids is 3. The second-order valence-electron chi connectivity index (χ2n) is 5.37. The fourth-order valence-corrected chi connectivity index (χ4v) is 2.31. The molecule has 0 saturated carbocycles. The van der Waals surface area contributed by atoms with E-state index in [1.165, 1.54) is 12.0 Å². The number of benzene rings is 1. The monoisotopic (exact) mass is 305 g/mol. The quantitative estimate of drug-likeness (QED) is 0.808. The summed E-state index contributed by atoms with van der Waals surface area (Å²) < 4.78 is 4.96. The van der Waals surface area contributed by atoms with Crippen molar-refractivity contribution >= 4 is 23.5 Å². The Balaban J connectivity index is 2.09. The van der Waals surface area contributed by atoms with Crippen LogP contribution in [0, 0.1) is 0 Å². The van der Waals surface area contributed by atoms with Gasteiger partial charge in [0.1, 0.15) is 12.1 Å². The Hall–Kier alpha value is -2.41. The largest absolute Gasteiger partial charge is 0.382 e. The molecule has 1 atom stereocenters. The highest BCUT2D eigenvalue weighted by Crippen LogP contribution is 2.19. The van der Waals surface area contributed by atoms with E-state index in [2.05, 4.69) is 5.32 Å². The number of rotatable bonds is 5. The van der Waals surface area contributed by atoms with Crippen molar-refractivity contribution < 1.29 is 19.1 Å². The van der Waals surface area contributed by atoms with Crippen molar-refractivity contribution in [1.29, 1.82) is 0 Å². The van der Waals surface area contributed by atoms with Crippen molar-refractivity contribution in [2.24, 2.45) is 0 Å². The van der Waals surface area contributed by atoms with Crippen LogP contribution >= 0.6 is 0 Å². The molecule has 1 aliphatic heterocycles. The number of para-hydroxylation sites is 1. The minimum absolute atomic E-state index is 0.0524. The van der Waals surface area contributed by atoms with Crippen LogP contribution in [-0.2, 0) is 14.3 Å². The van der Waals surface area contributed by atoms with E-state index in [0.29, 0.717) is 5.69 Å². The Morgan fingerprint density at radius 2 is 1.95 bits per heavy atom. The van der Waals surface area contributed by atoms with Crippen LogP contribution in [0.4, 0.5) is 10.5 Å². The van der Waals surface area contributed by atoms with Crippen LogP contribution in [-0.4, -0.2) is 55.6 Å². The zero-order chi connectivity index (χ0) is 16.3. The normalized spacial score (nSPS) is 21.0. The molecule has 0 aromatic heterocycles. The van der Waals surface area contributed by atoms with Gasteiger partial charge in [-0.2, -0.15) is 0 Å². The highest BCUT2D eigenvalue weighted by Gasteiger charge is 2.48. The first kappa shape index (κ1) is 16.0. The van der Waals surface area contributed by atoms with Crippen LogP contribution in [0.2, 0.25) is 0 Å². The number of anilines is 1. The Morgan fingerprint density at radius 1 is 1.32 bits per heavy atom. The van der Waals surface area contributed by atoms with E-state index in [0.717, 1.165) is 4.90 Å². The molecule has 1 heterocycles.